The number of sulfone groups is 1. The van der Waals surface area contributed by atoms with Gasteiger partial charge in [0.2, 0.25) is 0 Å². The van der Waals surface area contributed by atoms with Gasteiger partial charge in [0.15, 0.2) is 9.84 Å². The van der Waals surface area contributed by atoms with E-state index in [2.05, 4.69) is 22.1 Å². The van der Waals surface area contributed by atoms with Crippen molar-refractivity contribution >= 4 is 21.2 Å². The summed E-state index contributed by atoms with van der Waals surface area (Å²) in [6.45, 7) is 4.14. The van der Waals surface area contributed by atoms with Gasteiger partial charge in [-0.2, -0.15) is 0 Å². The molecule has 1 N–H and O–H groups in total. The van der Waals surface area contributed by atoms with Crippen LogP contribution in [-0.4, -0.2) is 44.5 Å². The quantitative estimate of drug-likeness (QED) is 0.888. The van der Waals surface area contributed by atoms with Crippen LogP contribution in [0.15, 0.2) is 18.5 Å². The molecule has 0 aliphatic carbocycles. The molecule has 1 aromatic heterocycles. The Morgan fingerprint density at radius 2 is 2.06 bits per heavy atom. The molecule has 5 nitrogen and oxygen atoms in total. The lowest BCUT2D eigenvalue weighted by Crippen LogP contribution is -2.40. The molecule has 1 fully saturated rings. The Morgan fingerprint density at radius 3 is 2.72 bits per heavy atom. The Balaban J connectivity index is 2.05. The standard InChI is InChI=1S/C12H19N3O2S/c1-2-3-14-11-8-12(10-13-9-11)15-4-6-18(16,17)7-5-15/h8-10,14H,2-7H2,1H3. The maximum absolute atomic E-state index is 11.4. The van der Waals surface area contributed by atoms with Gasteiger partial charge in [0.05, 0.1) is 35.3 Å². The lowest BCUT2D eigenvalue weighted by molar-refractivity contribution is 0.587. The minimum Gasteiger partial charge on any atom is -0.384 e. The van der Waals surface area contributed by atoms with E-state index in [0.717, 1.165) is 24.3 Å². The molecule has 1 aliphatic rings. The van der Waals surface area contributed by atoms with E-state index in [1.54, 1.807) is 12.4 Å². The van der Waals surface area contributed by atoms with Crippen LogP contribution in [0.1, 0.15) is 13.3 Å². The largest absolute Gasteiger partial charge is 0.384 e. The average Bonchev–Trinajstić information content (AvgIpc) is 2.37. The second-order valence-corrected chi connectivity index (χ2v) is 6.80. The molecule has 0 atom stereocenters. The summed E-state index contributed by atoms with van der Waals surface area (Å²) in [4.78, 5) is 6.27. The number of anilines is 2. The monoisotopic (exact) mass is 269 g/mol. The van der Waals surface area contributed by atoms with Crippen molar-refractivity contribution < 1.29 is 8.42 Å². The minimum absolute atomic E-state index is 0.236. The van der Waals surface area contributed by atoms with E-state index in [0.29, 0.717) is 13.1 Å². The highest BCUT2D eigenvalue weighted by molar-refractivity contribution is 7.91. The van der Waals surface area contributed by atoms with E-state index in [1.165, 1.54) is 0 Å². The number of hydrogen-bond donors (Lipinski definition) is 1. The van der Waals surface area contributed by atoms with Crippen molar-refractivity contribution in [2.24, 2.45) is 0 Å². The number of rotatable bonds is 4. The van der Waals surface area contributed by atoms with E-state index in [4.69, 9.17) is 0 Å². The molecule has 100 valence electrons. The molecular formula is C12H19N3O2S. The predicted octanol–water partition coefficient (Wildman–Crippen LogP) is 1.14. The molecule has 6 heteroatoms. The smallest absolute Gasteiger partial charge is 0.153 e. The van der Waals surface area contributed by atoms with Gasteiger partial charge in [0, 0.05) is 19.6 Å². The Morgan fingerprint density at radius 1 is 1.33 bits per heavy atom. The summed E-state index contributed by atoms with van der Waals surface area (Å²) < 4.78 is 22.8. The van der Waals surface area contributed by atoms with Crippen molar-refractivity contribution in [1.82, 2.24) is 4.98 Å². The topological polar surface area (TPSA) is 62.3 Å². The zero-order valence-electron chi connectivity index (χ0n) is 10.6. The summed E-state index contributed by atoms with van der Waals surface area (Å²) in [6, 6.07) is 2.03. The van der Waals surface area contributed by atoms with Crippen molar-refractivity contribution in [3.05, 3.63) is 18.5 Å². The first-order valence-electron chi connectivity index (χ1n) is 6.25. The number of nitrogens with one attached hydrogen (secondary N) is 1. The molecule has 2 heterocycles. The third-order valence-electron chi connectivity index (χ3n) is 3.01. The Hall–Kier alpha value is -1.30. The molecule has 0 spiro atoms. The molecule has 1 aliphatic heterocycles. The van der Waals surface area contributed by atoms with Crippen LogP contribution in [0.2, 0.25) is 0 Å². The lowest BCUT2D eigenvalue weighted by atomic mass is 10.3. The van der Waals surface area contributed by atoms with Gasteiger partial charge in [-0.1, -0.05) is 6.92 Å². The van der Waals surface area contributed by atoms with E-state index >= 15 is 0 Å². The van der Waals surface area contributed by atoms with Crippen LogP contribution in [0.3, 0.4) is 0 Å². The first-order valence-corrected chi connectivity index (χ1v) is 8.07. The molecule has 0 saturated carbocycles. The highest BCUT2D eigenvalue weighted by Crippen LogP contribution is 2.19. The Kier molecular flexibility index (Phi) is 4.06. The molecule has 1 saturated heterocycles. The Bertz CT molecular complexity index is 488. The van der Waals surface area contributed by atoms with Gasteiger partial charge in [-0.25, -0.2) is 8.42 Å². The summed E-state index contributed by atoms with van der Waals surface area (Å²) in [7, 11) is -2.83. The fourth-order valence-electron chi connectivity index (χ4n) is 1.94. The van der Waals surface area contributed by atoms with Crippen LogP contribution in [0.4, 0.5) is 11.4 Å². The first kappa shape index (κ1) is 13.1. The normalized spacial score (nSPS) is 18.6. The maximum Gasteiger partial charge on any atom is 0.153 e. The fraction of sp³-hybridized carbons (Fsp3) is 0.583. The predicted molar refractivity (Wildman–Crippen MR) is 73.9 cm³/mol. The molecular weight excluding hydrogens is 250 g/mol. The SMILES string of the molecule is CCCNc1cncc(N2CCS(=O)(=O)CC2)c1. The molecule has 0 aromatic carbocycles. The maximum atomic E-state index is 11.4. The van der Waals surface area contributed by atoms with Crippen LogP contribution >= 0.6 is 0 Å². The van der Waals surface area contributed by atoms with E-state index < -0.39 is 9.84 Å². The molecule has 1 aromatic rings. The summed E-state index contributed by atoms with van der Waals surface area (Å²) >= 11 is 0. The van der Waals surface area contributed by atoms with Crippen molar-refractivity contribution in [2.45, 2.75) is 13.3 Å². The van der Waals surface area contributed by atoms with E-state index in [9.17, 15) is 8.42 Å². The van der Waals surface area contributed by atoms with Crippen molar-refractivity contribution in [2.75, 3.05) is 41.4 Å². The summed E-state index contributed by atoms with van der Waals surface area (Å²) in [5.74, 6) is 0.471. The third-order valence-corrected chi connectivity index (χ3v) is 4.62. The van der Waals surface area contributed by atoms with Crippen LogP contribution in [-0.2, 0) is 9.84 Å². The highest BCUT2D eigenvalue weighted by Gasteiger charge is 2.21. The van der Waals surface area contributed by atoms with Crippen LogP contribution in [0.25, 0.3) is 0 Å². The number of hydrogen-bond acceptors (Lipinski definition) is 5. The molecule has 0 amide bonds. The number of pyridine rings is 1. The number of aromatic nitrogens is 1. The second kappa shape index (κ2) is 5.56. The summed E-state index contributed by atoms with van der Waals surface area (Å²) in [5.41, 5.74) is 1.98. The third kappa shape index (κ3) is 3.35. The molecule has 0 bridgehead atoms. The Labute approximate surface area is 108 Å². The average molecular weight is 269 g/mol. The van der Waals surface area contributed by atoms with Crippen molar-refractivity contribution in [1.29, 1.82) is 0 Å². The van der Waals surface area contributed by atoms with Gasteiger partial charge in [0.25, 0.3) is 0 Å². The molecule has 2 rings (SSSR count). The van der Waals surface area contributed by atoms with Gasteiger partial charge in [-0.3, -0.25) is 4.98 Å². The molecule has 18 heavy (non-hydrogen) atoms. The second-order valence-electron chi connectivity index (χ2n) is 4.50. The van der Waals surface area contributed by atoms with Gasteiger partial charge in [-0.15, -0.1) is 0 Å². The van der Waals surface area contributed by atoms with Crippen LogP contribution < -0.4 is 10.2 Å². The van der Waals surface area contributed by atoms with Gasteiger partial charge in [0.1, 0.15) is 0 Å². The summed E-state index contributed by atoms with van der Waals surface area (Å²) in [6.07, 6.45) is 4.64. The fourth-order valence-corrected chi connectivity index (χ4v) is 3.14. The van der Waals surface area contributed by atoms with Crippen molar-refractivity contribution in [3.8, 4) is 0 Å². The molecule has 0 radical (unpaired) electrons. The zero-order chi connectivity index (χ0) is 13.0. The van der Waals surface area contributed by atoms with Crippen LogP contribution in [0.5, 0.6) is 0 Å². The molecule has 0 unspecified atom stereocenters. The number of nitrogens with zero attached hydrogens (tertiary/aromatic N) is 2. The minimum atomic E-state index is -2.83. The van der Waals surface area contributed by atoms with Gasteiger partial charge in [-0.05, 0) is 12.5 Å². The van der Waals surface area contributed by atoms with Crippen LogP contribution in [0, 0.1) is 0 Å². The lowest BCUT2D eigenvalue weighted by Gasteiger charge is -2.28. The van der Waals surface area contributed by atoms with Crippen molar-refractivity contribution in [3.63, 3.8) is 0 Å². The summed E-state index contributed by atoms with van der Waals surface area (Å²) in [5, 5.41) is 3.28. The van der Waals surface area contributed by atoms with Gasteiger partial charge >= 0.3 is 0 Å². The zero-order valence-corrected chi connectivity index (χ0v) is 11.4. The first-order chi connectivity index (χ1) is 8.61. The van der Waals surface area contributed by atoms with E-state index in [-0.39, 0.29) is 11.5 Å². The van der Waals surface area contributed by atoms with E-state index in [1.807, 2.05) is 6.07 Å². The highest BCUT2D eigenvalue weighted by atomic mass is 32.2. The van der Waals surface area contributed by atoms with Gasteiger partial charge < -0.3 is 10.2 Å².